The fourth-order valence-corrected chi connectivity index (χ4v) is 4.03. The van der Waals surface area contributed by atoms with Crippen molar-refractivity contribution in [1.82, 2.24) is 25.8 Å². The molecule has 0 saturated carbocycles. The van der Waals surface area contributed by atoms with Crippen LogP contribution in [0.2, 0.25) is 0 Å². The van der Waals surface area contributed by atoms with E-state index < -0.39 is 17.7 Å². The minimum atomic E-state index is -1.33. The molecule has 1 aliphatic heterocycles. The lowest BCUT2D eigenvalue weighted by Gasteiger charge is -2.40. The standard InChI is InChI=1S/C20H37N5O4/c1-12(2)9-16(17(27)22-7)24(8)18(28)14(4)23-20(5,11-26)25-13(3)10-15(21-6)19(25)29/h11-16,21,23H,9-10H2,1-8H3,(H,22,27)/t13?,14-,15-,16-,20-/m0/s1. The van der Waals surface area contributed by atoms with Gasteiger partial charge in [0.15, 0.2) is 6.29 Å². The zero-order chi connectivity index (χ0) is 22.5. The van der Waals surface area contributed by atoms with Gasteiger partial charge in [-0.1, -0.05) is 13.8 Å². The third-order valence-corrected chi connectivity index (χ3v) is 5.57. The highest BCUT2D eigenvalue weighted by Crippen LogP contribution is 2.26. The molecule has 0 aromatic heterocycles. The first-order valence-electron chi connectivity index (χ1n) is 10.2. The lowest BCUT2D eigenvalue weighted by Crippen LogP contribution is -2.66. The largest absolute Gasteiger partial charge is 0.357 e. The fraction of sp³-hybridized carbons (Fsp3) is 0.800. The summed E-state index contributed by atoms with van der Waals surface area (Å²) in [5.74, 6) is -0.521. The van der Waals surface area contributed by atoms with E-state index in [2.05, 4.69) is 16.0 Å². The van der Waals surface area contributed by atoms with Crippen molar-refractivity contribution in [3.8, 4) is 0 Å². The molecule has 1 fully saturated rings. The number of aldehydes is 1. The average molecular weight is 412 g/mol. The molecule has 0 aliphatic carbocycles. The molecule has 29 heavy (non-hydrogen) atoms. The first-order chi connectivity index (χ1) is 13.4. The highest BCUT2D eigenvalue weighted by molar-refractivity contribution is 5.91. The van der Waals surface area contributed by atoms with Gasteiger partial charge in [-0.15, -0.1) is 0 Å². The van der Waals surface area contributed by atoms with Crippen molar-refractivity contribution in [3.05, 3.63) is 0 Å². The number of hydrogen-bond donors (Lipinski definition) is 3. The first kappa shape index (κ1) is 25.0. The van der Waals surface area contributed by atoms with Crippen LogP contribution in [0.15, 0.2) is 0 Å². The molecule has 1 unspecified atom stereocenters. The van der Waals surface area contributed by atoms with Crippen LogP contribution in [0, 0.1) is 5.92 Å². The van der Waals surface area contributed by atoms with Crippen LogP contribution in [-0.2, 0) is 19.2 Å². The molecule has 9 heteroatoms. The van der Waals surface area contributed by atoms with Crippen molar-refractivity contribution in [2.75, 3.05) is 21.1 Å². The number of likely N-dealkylation sites (tertiary alicyclic amines) is 1. The second-order valence-electron chi connectivity index (χ2n) is 8.47. The number of hydrogen-bond acceptors (Lipinski definition) is 6. The van der Waals surface area contributed by atoms with Gasteiger partial charge in [-0.25, -0.2) is 0 Å². The minimum absolute atomic E-state index is 0.165. The molecule has 166 valence electrons. The molecular formula is C20H37N5O4. The maximum Gasteiger partial charge on any atom is 0.242 e. The van der Waals surface area contributed by atoms with Crippen molar-refractivity contribution in [1.29, 1.82) is 0 Å². The predicted molar refractivity (Wildman–Crippen MR) is 111 cm³/mol. The summed E-state index contributed by atoms with van der Waals surface area (Å²) in [5, 5.41) is 8.59. The van der Waals surface area contributed by atoms with Crippen LogP contribution >= 0.6 is 0 Å². The van der Waals surface area contributed by atoms with Gasteiger partial charge in [0.05, 0.1) is 12.1 Å². The summed E-state index contributed by atoms with van der Waals surface area (Å²) in [7, 11) is 4.83. The van der Waals surface area contributed by atoms with Crippen molar-refractivity contribution in [2.45, 2.75) is 77.3 Å². The Kier molecular flexibility index (Phi) is 8.77. The van der Waals surface area contributed by atoms with Crippen LogP contribution in [-0.4, -0.2) is 84.8 Å². The summed E-state index contributed by atoms with van der Waals surface area (Å²) in [6, 6.07) is -1.91. The van der Waals surface area contributed by atoms with E-state index in [0.29, 0.717) is 19.1 Å². The summed E-state index contributed by atoms with van der Waals surface area (Å²) in [6.45, 7) is 9.08. The SMILES string of the molecule is CNC(=O)[C@H](CC(C)C)N(C)C(=O)[C@H](C)N[C@](C)(C=O)N1C(=O)[C@@H](NC)CC1C. The fourth-order valence-electron chi connectivity index (χ4n) is 4.03. The molecule has 3 amide bonds. The van der Waals surface area contributed by atoms with Crippen molar-refractivity contribution in [3.63, 3.8) is 0 Å². The normalized spacial score (nSPS) is 23.5. The Morgan fingerprint density at radius 3 is 2.31 bits per heavy atom. The number of carbonyl (C=O) groups excluding carboxylic acids is 4. The van der Waals surface area contributed by atoms with Gasteiger partial charge in [-0.05, 0) is 46.6 Å². The lowest BCUT2D eigenvalue weighted by atomic mass is 10.0. The monoisotopic (exact) mass is 411 g/mol. The Balaban J connectivity index is 3.02. The number of likely N-dealkylation sites (N-methyl/N-ethyl adjacent to an activating group) is 3. The maximum atomic E-state index is 13.0. The van der Waals surface area contributed by atoms with Gasteiger partial charge in [0.25, 0.3) is 0 Å². The molecule has 0 bridgehead atoms. The van der Waals surface area contributed by atoms with Crippen LogP contribution in [0.1, 0.15) is 47.5 Å². The van der Waals surface area contributed by atoms with Gasteiger partial charge in [0, 0.05) is 20.1 Å². The molecule has 5 atom stereocenters. The van der Waals surface area contributed by atoms with E-state index in [-0.39, 0.29) is 35.7 Å². The van der Waals surface area contributed by atoms with Gasteiger partial charge < -0.3 is 20.4 Å². The molecular weight excluding hydrogens is 374 g/mol. The average Bonchev–Trinajstić information content (AvgIpc) is 2.97. The van der Waals surface area contributed by atoms with E-state index in [1.165, 1.54) is 16.8 Å². The van der Waals surface area contributed by atoms with E-state index in [1.807, 2.05) is 20.8 Å². The number of rotatable bonds is 10. The van der Waals surface area contributed by atoms with Crippen LogP contribution in [0.3, 0.4) is 0 Å². The molecule has 3 N–H and O–H groups in total. The second-order valence-corrected chi connectivity index (χ2v) is 8.47. The zero-order valence-electron chi connectivity index (χ0n) is 18.9. The summed E-state index contributed by atoms with van der Waals surface area (Å²) in [6.07, 6.45) is 1.76. The molecule has 1 saturated heterocycles. The summed E-state index contributed by atoms with van der Waals surface area (Å²) in [4.78, 5) is 52.9. The Hall–Kier alpha value is -2.00. The van der Waals surface area contributed by atoms with E-state index in [4.69, 9.17) is 0 Å². The predicted octanol–water partition coefficient (Wildman–Crippen LogP) is -0.292. The Morgan fingerprint density at radius 2 is 1.90 bits per heavy atom. The van der Waals surface area contributed by atoms with Crippen LogP contribution in [0.25, 0.3) is 0 Å². The van der Waals surface area contributed by atoms with Crippen molar-refractivity contribution >= 4 is 24.0 Å². The molecule has 9 nitrogen and oxygen atoms in total. The summed E-state index contributed by atoms with van der Waals surface area (Å²) >= 11 is 0. The third-order valence-electron chi connectivity index (χ3n) is 5.57. The molecule has 0 aromatic rings. The lowest BCUT2D eigenvalue weighted by molar-refractivity contribution is -0.146. The number of amides is 3. The zero-order valence-corrected chi connectivity index (χ0v) is 18.9. The van der Waals surface area contributed by atoms with E-state index in [9.17, 15) is 19.2 Å². The van der Waals surface area contributed by atoms with Crippen LogP contribution in [0.5, 0.6) is 0 Å². The minimum Gasteiger partial charge on any atom is -0.357 e. The molecule has 1 heterocycles. The van der Waals surface area contributed by atoms with Gasteiger partial charge in [-0.2, -0.15) is 0 Å². The van der Waals surface area contributed by atoms with E-state index >= 15 is 0 Å². The number of nitrogens with one attached hydrogen (secondary N) is 3. The highest BCUT2D eigenvalue weighted by Gasteiger charge is 2.47. The second kappa shape index (κ2) is 10.2. The quantitative estimate of drug-likeness (QED) is 0.426. The van der Waals surface area contributed by atoms with Crippen LogP contribution in [0.4, 0.5) is 0 Å². The van der Waals surface area contributed by atoms with E-state index in [0.717, 1.165) is 0 Å². The Bertz CT molecular complexity index is 626. The third kappa shape index (κ3) is 5.54. The first-order valence-corrected chi connectivity index (χ1v) is 10.2. The Morgan fingerprint density at radius 1 is 1.31 bits per heavy atom. The molecule has 0 aromatic carbocycles. The molecule has 0 spiro atoms. The van der Waals surface area contributed by atoms with Gasteiger partial charge in [0.1, 0.15) is 11.7 Å². The van der Waals surface area contributed by atoms with Gasteiger partial charge >= 0.3 is 0 Å². The molecule has 1 rings (SSSR count). The topological polar surface area (TPSA) is 111 Å². The maximum absolute atomic E-state index is 13.0. The van der Waals surface area contributed by atoms with Crippen molar-refractivity contribution < 1.29 is 19.2 Å². The van der Waals surface area contributed by atoms with Crippen LogP contribution < -0.4 is 16.0 Å². The summed E-state index contributed by atoms with van der Waals surface area (Å²) in [5.41, 5.74) is -1.33. The van der Waals surface area contributed by atoms with Gasteiger partial charge in [0.2, 0.25) is 17.7 Å². The number of nitrogens with zero attached hydrogens (tertiary/aromatic N) is 2. The van der Waals surface area contributed by atoms with E-state index in [1.54, 1.807) is 27.9 Å². The summed E-state index contributed by atoms with van der Waals surface area (Å²) < 4.78 is 0. The van der Waals surface area contributed by atoms with Crippen molar-refractivity contribution in [2.24, 2.45) is 5.92 Å². The smallest absolute Gasteiger partial charge is 0.242 e. The Labute approximate surface area is 173 Å². The van der Waals surface area contributed by atoms with Gasteiger partial charge in [-0.3, -0.25) is 24.5 Å². The number of carbonyl (C=O) groups is 4. The molecule has 0 radical (unpaired) electrons. The molecule has 1 aliphatic rings. The highest BCUT2D eigenvalue weighted by atomic mass is 16.2.